The van der Waals surface area contributed by atoms with Crippen molar-refractivity contribution in [2.24, 2.45) is 16.8 Å². The molecule has 0 aromatic carbocycles. The number of hydrogen-bond acceptors (Lipinski definition) is 2. The van der Waals surface area contributed by atoms with E-state index in [4.69, 9.17) is 4.99 Å². The molecule has 0 radical (unpaired) electrons. The van der Waals surface area contributed by atoms with Gasteiger partial charge in [0.15, 0.2) is 5.96 Å². The summed E-state index contributed by atoms with van der Waals surface area (Å²) in [6, 6.07) is 0.884. The molecule has 0 bridgehead atoms. The third-order valence-electron chi connectivity index (χ3n) is 5.32. The molecule has 0 spiro atoms. The van der Waals surface area contributed by atoms with Gasteiger partial charge in [-0.3, -0.25) is 9.89 Å². The van der Waals surface area contributed by atoms with E-state index in [1.165, 1.54) is 58.2 Å². The van der Waals surface area contributed by atoms with Crippen molar-refractivity contribution in [3.8, 4) is 0 Å². The number of likely N-dealkylation sites (tertiary alicyclic amines) is 1. The van der Waals surface area contributed by atoms with Gasteiger partial charge in [0.1, 0.15) is 0 Å². The molecule has 0 aromatic rings. The lowest BCUT2D eigenvalue weighted by atomic mass is 10.00. The quantitative estimate of drug-likeness (QED) is 0.380. The van der Waals surface area contributed by atoms with Gasteiger partial charge in [0.2, 0.25) is 0 Å². The summed E-state index contributed by atoms with van der Waals surface area (Å²) < 4.78 is 0. The highest BCUT2D eigenvalue weighted by Crippen LogP contribution is 2.34. The Morgan fingerprint density at radius 2 is 1.83 bits per heavy atom. The molecule has 3 aliphatic rings. The van der Waals surface area contributed by atoms with Crippen LogP contribution < -0.4 is 5.32 Å². The topological polar surface area (TPSA) is 30.9 Å². The number of piperidine rings is 1. The third kappa shape index (κ3) is 6.40. The Bertz CT molecular complexity index is 371. The number of guanidine groups is 1. The van der Waals surface area contributed by atoms with Crippen LogP contribution in [0, 0.1) is 11.8 Å². The largest absolute Gasteiger partial charge is 0.357 e. The Kier molecular flexibility index (Phi) is 7.92. The summed E-state index contributed by atoms with van der Waals surface area (Å²) in [4.78, 5) is 10.1. The highest BCUT2D eigenvalue weighted by Gasteiger charge is 2.33. The Morgan fingerprint density at radius 1 is 1.13 bits per heavy atom. The van der Waals surface area contributed by atoms with Crippen LogP contribution in [0.15, 0.2) is 4.99 Å². The molecule has 1 heterocycles. The molecule has 0 aromatic heterocycles. The number of rotatable bonds is 7. The second kappa shape index (κ2) is 9.44. The van der Waals surface area contributed by atoms with Gasteiger partial charge in [0, 0.05) is 38.8 Å². The summed E-state index contributed by atoms with van der Waals surface area (Å²) in [6.07, 6.45) is 8.36. The van der Waals surface area contributed by atoms with E-state index in [0.717, 1.165) is 43.5 Å². The van der Waals surface area contributed by atoms with Crippen molar-refractivity contribution in [3.05, 3.63) is 0 Å². The van der Waals surface area contributed by atoms with Crippen molar-refractivity contribution in [3.63, 3.8) is 0 Å². The molecular weight excluding hydrogens is 399 g/mol. The van der Waals surface area contributed by atoms with Gasteiger partial charge < -0.3 is 10.2 Å². The van der Waals surface area contributed by atoms with Crippen molar-refractivity contribution in [1.82, 2.24) is 15.1 Å². The summed E-state index contributed by atoms with van der Waals surface area (Å²) in [7, 11) is 0. The van der Waals surface area contributed by atoms with Crippen molar-refractivity contribution in [2.75, 3.05) is 39.3 Å². The lowest BCUT2D eigenvalue weighted by Crippen LogP contribution is -2.45. The van der Waals surface area contributed by atoms with Gasteiger partial charge in [-0.2, -0.15) is 0 Å². The first-order valence-corrected chi connectivity index (χ1v) is 9.53. The maximum atomic E-state index is 4.93. The molecule has 2 saturated carbocycles. The summed E-state index contributed by atoms with van der Waals surface area (Å²) in [5.41, 5.74) is 0. The molecule has 0 amide bonds. The minimum absolute atomic E-state index is 0. The Labute approximate surface area is 159 Å². The van der Waals surface area contributed by atoms with Crippen LogP contribution in [0.4, 0.5) is 0 Å². The third-order valence-corrected chi connectivity index (χ3v) is 5.32. The first kappa shape index (κ1) is 19.3. The van der Waals surface area contributed by atoms with E-state index in [1.807, 2.05) is 0 Å². The number of aliphatic imine (C=N–C) groups is 1. The summed E-state index contributed by atoms with van der Waals surface area (Å²) >= 11 is 0. The SMILES string of the molecule is CCNC(=NCCN(CC1CC1)C1CC1)N1CCC(C)CC1.I. The summed E-state index contributed by atoms with van der Waals surface area (Å²) in [5.74, 6) is 3.03. The molecule has 1 saturated heterocycles. The van der Waals surface area contributed by atoms with Gasteiger partial charge in [-0.25, -0.2) is 0 Å². The molecule has 1 N–H and O–H groups in total. The fraction of sp³-hybridized carbons (Fsp3) is 0.944. The lowest BCUT2D eigenvalue weighted by Gasteiger charge is -2.33. The maximum Gasteiger partial charge on any atom is 0.193 e. The number of nitrogens with zero attached hydrogens (tertiary/aromatic N) is 3. The van der Waals surface area contributed by atoms with Gasteiger partial charge in [0.05, 0.1) is 6.54 Å². The van der Waals surface area contributed by atoms with Gasteiger partial charge in [-0.05, 0) is 57.3 Å². The minimum atomic E-state index is 0. The fourth-order valence-electron chi connectivity index (χ4n) is 3.43. The van der Waals surface area contributed by atoms with E-state index in [-0.39, 0.29) is 24.0 Å². The number of halogens is 1. The van der Waals surface area contributed by atoms with E-state index in [2.05, 4.69) is 29.0 Å². The van der Waals surface area contributed by atoms with Crippen LogP contribution in [0.3, 0.4) is 0 Å². The fourth-order valence-corrected chi connectivity index (χ4v) is 3.43. The van der Waals surface area contributed by atoms with Crippen LogP contribution in [0.25, 0.3) is 0 Å². The minimum Gasteiger partial charge on any atom is -0.357 e. The number of hydrogen-bond donors (Lipinski definition) is 1. The van der Waals surface area contributed by atoms with Crippen molar-refractivity contribution < 1.29 is 0 Å². The monoisotopic (exact) mass is 434 g/mol. The molecule has 134 valence electrons. The van der Waals surface area contributed by atoms with Gasteiger partial charge in [0.25, 0.3) is 0 Å². The molecule has 4 nitrogen and oxygen atoms in total. The maximum absolute atomic E-state index is 4.93. The molecule has 0 unspecified atom stereocenters. The predicted molar refractivity (Wildman–Crippen MR) is 109 cm³/mol. The zero-order valence-corrected chi connectivity index (χ0v) is 17.3. The van der Waals surface area contributed by atoms with E-state index >= 15 is 0 Å². The van der Waals surface area contributed by atoms with Crippen molar-refractivity contribution in [1.29, 1.82) is 0 Å². The zero-order valence-electron chi connectivity index (χ0n) is 15.0. The van der Waals surface area contributed by atoms with E-state index in [0.29, 0.717) is 0 Å². The highest BCUT2D eigenvalue weighted by molar-refractivity contribution is 14.0. The van der Waals surface area contributed by atoms with Crippen LogP contribution in [0.2, 0.25) is 0 Å². The van der Waals surface area contributed by atoms with Crippen LogP contribution in [-0.2, 0) is 0 Å². The molecular formula is C18H35IN4. The molecule has 2 aliphatic carbocycles. The van der Waals surface area contributed by atoms with Gasteiger partial charge in [-0.15, -0.1) is 24.0 Å². The van der Waals surface area contributed by atoms with Crippen LogP contribution >= 0.6 is 24.0 Å². The first-order valence-electron chi connectivity index (χ1n) is 9.53. The van der Waals surface area contributed by atoms with Crippen LogP contribution in [0.1, 0.15) is 52.4 Å². The predicted octanol–water partition coefficient (Wildman–Crippen LogP) is 3.18. The summed E-state index contributed by atoms with van der Waals surface area (Å²) in [5, 5.41) is 3.50. The molecule has 0 atom stereocenters. The average molecular weight is 434 g/mol. The summed E-state index contributed by atoms with van der Waals surface area (Å²) in [6.45, 7) is 11.3. The molecule has 1 aliphatic heterocycles. The van der Waals surface area contributed by atoms with E-state index < -0.39 is 0 Å². The van der Waals surface area contributed by atoms with Gasteiger partial charge in [-0.1, -0.05) is 6.92 Å². The molecule has 23 heavy (non-hydrogen) atoms. The first-order chi connectivity index (χ1) is 10.8. The Hall–Kier alpha value is -0.0400. The van der Waals surface area contributed by atoms with E-state index in [9.17, 15) is 0 Å². The smallest absolute Gasteiger partial charge is 0.193 e. The molecule has 3 fully saturated rings. The standard InChI is InChI=1S/C18H34N4.HI/c1-3-19-18(21-11-8-15(2)9-12-21)20-10-13-22(17-6-7-17)14-16-4-5-16;/h15-17H,3-14H2,1-2H3,(H,19,20);1H. The van der Waals surface area contributed by atoms with E-state index in [1.54, 1.807) is 0 Å². The lowest BCUT2D eigenvalue weighted by molar-refractivity contribution is 0.256. The highest BCUT2D eigenvalue weighted by atomic mass is 127. The second-order valence-corrected chi connectivity index (χ2v) is 7.57. The number of nitrogens with one attached hydrogen (secondary N) is 1. The Morgan fingerprint density at radius 3 is 2.39 bits per heavy atom. The molecule has 3 rings (SSSR count). The zero-order chi connectivity index (χ0) is 15.4. The Balaban J connectivity index is 0.00000192. The van der Waals surface area contributed by atoms with Crippen LogP contribution in [-0.4, -0.2) is 61.1 Å². The van der Waals surface area contributed by atoms with Gasteiger partial charge >= 0.3 is 0 Å². The average Bonchev–Trinajstić information content (AvgIpc) is 3.38. The normalized spacial score (nSPS) is 23.1. The van der Waals surface area contributed by atoms with Crippen molar-refractivity contribution in [2.45, 2.75) is 58.4 Å². The second-order valence-electron chi connectivity index (χ2n) is 7.57. The van der Waals surface area contributed by atoms with Crippen LogP contribution in [0.5, 0.6) is 0 Å². The van der Waals surface area contributed by atoms with Crippen molar-refractivity contribution >= 4 is 29.9 Å². The molecule has 5 heteroatoms.